The predicted molar refractivity (Wildman–Crippen MR) is 239 cm³/mol. The first-order valence-corrected chi connectivity index (χ1v) is 20.5. The Labute approximate surface area is 365 Å². The van der Waals surface area contributed by atoms with Crippen molar-refractivity contribution in [2.24, 2.45) is 26.5 Å². The van der Waals surface area contributed by atoms with Crippen molar-refractivity contribution in [3.8, 4) is 28.4 Å². The average Bonchev–Trinajstić information content (AvgIpc) is 3.85. The molecule has 1 aliphatic heterocycles. The van der Waals surface area contributed by atoms with E-state index in [2.05, 4.69) is 51.1 Å². The summed E-state index contributed by atoms with van der Waals surface area (Å²) in [5.74, 6) is 0.413. The number of ether oxygens (including phenoxy) is 2. The maximum Gasteiger partial charge on any atom is 0.220 e. The van der Waals surface area contributed by atoms with Crippen molar-refractivity contribution < 1.29 is 19.5 Å². The molecule has 2 fully saturated rings. The van der Waals surface area contributed by atoms with Crippen LogP contribution in [0.3, 0.4) is 0 Å². The summed E-state index contributed by atoms with van der Waals surface area (Å²) >= 11 is 0. The molecule has 13 heteroatoms. The molecule has 61 heavy (non-hydrogen) atoms. The molecule has 1 heterocycles. The van der Waals surface area contributed by atoms with Crippen LogP contribution in [-0.4, -0.2) is 62.5 Å². The summed E-state index contributed by atoms with van der Waals surface area (Å²) in [4.78, 5) is 22.8. The highest BCUT2D eigenvalue weighted by Crippen LogP contribution is 2.62. The Morgan fingerprint density at radius 3 is 1.87 bits per heavy atom. The molecular formula is C48H53ClN8O4. The van der Waals surface area contributed by atoms with Crippen LogP contribution >= 0.6 is 12.4 Å². The second kappa shape index (κ2) is 19.0. The number of nitrogens with one attached hydrogen (secondary N) is 1. The average molecular weight is 841 g/mol. The SMILES string of the molecule is CNO.Cl.[C-]#[N+]c1cccc(-c2ccc3c(c2)C(=NC#N)C2(CCC(OC)CC2)C3)c1.[C-]#[N+]c1cccc(-c2ccc3c(c2)C2(N=C(N)N(C)O2)C2(CCC(OC)CC2)C3)c1. The maximum atomic E-state index is 9.32. The van der Waals surface area contributed by atoms with Crippen molar-refractivity contribution in [1.29, 1.82) is 5.26 Å². The number of halogens is 1. The highest BCUT2D eigenvalue weighted by molar-refractivity contribution is 6.10. The number of hydrogen-bond donors (Lipinski definition) is 3. The molecule has 0 radical (unpaired) electrons. The lowest BCUT2D eigenvalue weighted by Gasteiger charge is -2.45. The predicted octanol–water partition coefficient (Wildman–Crippen LogP) is 9.70. The zero-order valence-electron chi connectivity index (χ0n) is 35.1. The number of hydrogen-bond acceptors (Lipinski definition) is 10. The number of hydroxylamine groups is 3. The fourth-order valence-electron chi connectivity index (χ4n) is 10.1. The van der Waals surface area contributed by atoms with Gasteiger partial charge < -0.3 is 20.4 Å². The molecule has 9 rings (SSSR count). The van der Waals surface area contributed by atoms with E-state index < -0.39 is 5.72 Å². The lowest BCUT2D eigenvalue weighted by atomic mass is 9.66. The van der Waals surface area contributed by atoms with E-state index in [1.807, 2.05) is 61.8 Å². The summed E-state index contributed by atoms with van der Waals surface area (Å²) in [5, 5.41) is 18.2. The van der Waals surface area contributed by atoms with E-state index in [1.165, 1.54) is 18.2 Å². The van der Waals surface area contributed by atoms with Crippen molar-refractivity contribution >= 4 is 35.5 Å². The van der Waals surface area contributed by atoms with E-state index in [-0.39, 0.29) is 23.2 Å². The molecule has 316 valence electrons. The van der Waals surface area contributed by atoms with Crippen molar-refractivity contribution in [1.82, 2.24) is 10.5 Å². The molecule has 2 saturated carbocycles. The minimum atomic E-state index is -0.798. The molecule has 0 aromatic heterocycles. The van der Waals surface area contributed by atoms with Gasteiger partial charge in [-0.15, -0.1) is 12.4 Å². The summed E-state index contributed by atoms with van der Waals surface area (Å²) in [5.41, 5.74) is 18.1. The molecule has 0 bridgehead atoms. The second-order valence-electron chi connectivity index (χ2n) is 16.3. The van der Waals surface area contributed by atoms with Crippen molar-refractivity contribution in [3.05, 3.63) is 130 Å². The zero-order valence-corrected chi connectivity index (χ0v) is 36.0. The topological polar surface area (TPSA) is 146 Å². The molecule has 0 amide bonds. The van der Waals surface area contributed by atoms with Crippen LogP contribution < -0.4 is 11.2 Å². The van der Waals surface area contributed by atoms with Gasteiger partial charge in [-0.05, 0) is 122 Å². The summed E-state index contributed by atoms with van der Waals surface area (Å²) in [7, 11) is 6.82. The summed E-state index contributed by atoms with van der Waals surface area (Å²) < 4.78 is 11.2. The standard InChI is InChI=1S/C24H26N4O2.C23H21N3O.CH5NO.ClH/c1-26-19-6-4-5-16(13-19)17-7-8-18-15-23(11-9-20(29-3)10-12-23)24(21(18)14-17)27-22(25)28(2)30-24;1-25-19-5-3-4-16(12-19)17-6-7-18-14-23(10-8-20(27-2)9-11-23)22(26-15-24)21(18)13-17;1-2-3;/h4-8,13-14,20H,9-12,15H2,2-3H3,(H2,25,27);3-7,12-13,20H,8-11,14H2,2H3;2-3H,1H3;1H. The van der Waals surface area contributed by atoms with Crippen LogP contribution in [-0.2, 0) is 32.9 Å². The minimum absolute atomic E-state index is 0. The molecule has 3 spiro atoms. The first-order chi connectivity index (χ1) is 29.1. The number of aliphatic imine (C=N–C) groups is 2. The Kier molecular flexibility index (Phi) is 14.0. The Balaban J connectivity index is 0.000000190. The Bertz CT molecular complexity index is 2420. The third-order valence-electron chi connectivity index (χ3n) is 13.2. The number of guanidine groups is 1. The van der Waals surface area contributed by atoms with Gasteiger partial charge in [0.25, 0.3) is 0 Å². The summed E-state index contributed by atoms with van der Waals surface area (Å²) in [6.45, 7) is 14.6. The highest BCUT2D eigenvalue weighted by Gasteiger charge is 2.63. The molecule has 5 aliphatic rings. The van der Waals surface area contributed by atoms with Gasteiger partial charge in [0, 0.05) is 50.3 Å². The molecule has 4 N–H and O–H groups in total. The van der Waals surface area contributed by atoms with Gasteiger partial charge in [-0.3, -0.25) is 0 Å². The number of nitrogens with two attached hydrogens (primary N) is 1. The molecule has 12 nitrogen and oxygen atoms in total. The van der Waals surface area contributed by atoms with Crippen LogP contribution in [0.5, 0.6) is 0 Å². The second-order valence-corrected chi connectivity index (χ2v) is 16.3. The summed E-state index contributed by atoms with van der Waals surface area (Å²) in [6.07, 6.45) is 12.5. The maximum absolute atomic E-state index is 9.32. The smallest absolute Gasteiger partial charge is 0.220 e. The van der Waals surface area contributed by atoms with Crippen LogP contribution in [0.15, 0.2) is 94.9 Å². The third kappa shape index (κ3) is 8.51. The first-order valence-electron chi connectivity index (χ1n) is 20.5. The van der Waals surface area contributed by atoms with E-state index >= 15 is 0 Å². The Hall–Kier alpha value is -5.62. The van der Waals surface area contributed by atoms with Gasteiger partial charge in [0.2, 0.25) is 17.9 Å². The number of rotatable bonds is 4. The van der Waals surface area contributed by atoms with Gasteiger partial charge in [-0.2, -0.15) is 10.3 Å². The van der Waals surface area contributed by atoms with Gasteiger partial charge in [0.1, 0.15) is 0 Å². The number of nitrogens with zero attached hydrogens (tertiary/aromatic N) is 6. The molecule has 1 atom stereocenters. The number of benzene rings is 4. The van der Waals surface area contributed by atoms with Crippen molar-refractivity contribution in [2.75, 3.05) is 28.3 Å². The highest BCUT2D eigenvalue weighted by atomic mass is 35.5. The van der Waals surface area contributed by atoms with Gasteiger partial charge in [-0.25, -0.2) is 30.1 Å². The lowest BCUT2D eigenvalue weighted by molar-refractivity contribution is -0.232. The van der Waals surface area contributed by atoms with Crippen LogP contribution in [0.4, 0.5) is 11.4 Å². The van der Waals surface area contributed by atoms with Crippen LogP contribution in [0.2, 0.25) is 0 Å². The molecule has 4 aromatic carbocycles. The number of fused-ring (bicyclic) bond motifs is 4. The molecule has 0 saturated heterocycles. The fourth-order valence-corrected chi connectivity index (χ4v) is 10.1. The fraction of sp³-hybridized carbons (Fsp3) is 0.396. The van der Waals surface area contributed by atoms with E-state index in [0.717, 1.165) is 103 Å². The first kappa shape index (κ1) is 44.9. The van der Waals surface area contributed by atoms with Crippen LogP contribution in [0.1, 0.15) is 73.6 Å². The van der Waals surface area contributed by atoms with E-state index in [1.54, 1.807) is 24.8 Å². The van der Waals surface area contributed by atoms with Crippen molar-refractivity contribution in [2.45, 2.75) is 82.1 Å². The van der Waals surface area contributed by atoms with Crippen molar-refractivity contribution in [3.63, 3.8) is 0 Å². The van der Waals surface area contributed by atoms with Crippen LogP contribution in [0, 0.1) is 35.4 Å². The van der Waals surface area contributed by atoms with Gasteiger partial charge >= 0.3 is 0 Å². The van der Waals surface area contributed by atoms with E-state index in [0.29, 0.717) is 29.5 Å². The Morgan fingerprint density at radius 2 is 1.36 bits per heavy atom. The van der Waals surface area contributed by atoms with E-state index in [4.69, 9.17) is 43.4 Å². The lowest BCUT2D eigenvalue weighted by Crippen LogP contribution is -2.46. The molecule has 4 aliphatic carbocycles. The Morgan fingerprint density at radius 1 is 0.836 bits per heavy atom. The zero-order chi connectivity index (χ0) is 42.5. The normalized spacial score (nSPS) is 26.1. The number of nitriles is 1. The molecule has 1 unspecified atom stereocenters. The quantitative estimate of drug-likeness (QED) is 0.105. The van der Waals surface area contributed by atoms with Gasteiger partial charge in [-0.1, -0.05) is 60.7 Å². The minimum Gasteiger partial charge on any atom is -0.381 e. The third-order valence-corrected chi connectivity index (χ3v) is 13.2. The molecule has 4 aromatic rings. The van der Waals surface area contributed by atoms with Crippen LogP contribution in [0.25, 0.3) is 31.9 Å². The van der Waals surface area contributed by atoms with Gasteiger partial charge in [0.05, 0.1) is 31.1 Å². The largest absolute Gasteiger partial charge is 0.381 e. The van der Waals surface area contributed by atoms with E-state index in [9.17, 15) is 5.26 Å². The summed E-state index contributed by atoms with van der Waals surface area (Å²) in [6, 6.07) is 28.3. The number of methoxy groups -OCH3 is 2. The molecular weight excluding hydrogens is 788 g/mol. The monoisotopic (exact) mass is 840 g/mol. The van der Waals surface area contributed by atoms with Gasteiger partial charge in [0.15, 0.2) is 11.4 Å².